The van der Waals surface area contributed by atoms with Crippen LogP contribution in [0.2, 0.25) is 0 Å². The maximum absolute atomic E-state index is 12.8. The van der Waals surface area contributed by atoms with Crippen molar-refractivity contribution in [3.8, 4) is 6.07 Å². The van der Waals surface area contributed by atoms with Crippen molar-refractivity contribution in [2.75, 3.05) is 11.4 Å². The van der Waals surface area contributed by atoms with Crippen molar-refractivity contribution in [2.24, 2.45) is 17.8 Å². The van der Waals surface area contributed by atoms with Gasteiger partial charge < -0.3 is 4.90 Å². The fraction of sp³-hybridized carbons (Fsp3) is 0.529. The van der Waals surface area contributed by atoms with Gasteiger partial charge in [-0.25, -0.2) is 0 Å². The smallest absolute Gasteiger partial charge is 0.230 e. The first-order chi connectivity index (χ1) is 9.83. The van der Waals surface area contributed by atoms with Crippen LogP contribution < -0.4 is 4.90 Å². The number of hydrogen-bond acceptors (Lipinski definition) is 2. The second-order valence-electron chi connectivity index (χ2n) is 5.87. The zero-order chi connectivity index (χ0) is 13.9. The molecule has 0 aliphatic heterocycles. The number of anilines is 1. The number of carbonyl (C=O) groups is 1. The van der Waals surface area contributed by atoms with Crippen molar-refractivity contribution in [3.05, 3.63) is 30.3 Å². The Morgan fingerprint density at radius 3 is 2.45 bits per heavy atom. The fourth-order valence-electron chi connectivity index (χ4n) is 3.67. The van der Waals surface area contributed by atoms with E-state index in [1.165, 1.54) is 25.7 Å². The minimum Gasteiger partial charge on any atom is -0.311 e. The lowest BCUT2D eigenvalue weighted by molar-refractivity contribution is -0.120. The standard InChI is InChI=1S/C17H20N2O/c18-11-6-12-19(13-7-2-1-3-8-13)17(20)16-14-9-4-5-10-15(14)16/h1-3,7-8,14-16H,4-6,9-10,12H2. The lowest BCUT2D eigenvalue weighted by Gasteiger charge is -2.22. The molecule has 0 saturated heterocycles. The molecule has 0 spiro atoms. The van der Waals surface area contributed by atoms with Crippen molar-refractivity contribution in [1.82, 2.24) is 0 Å². The number of amides is 1. The summed E-state index contributed by atoms with van der Waals surface area (Å²) in [6, 6.07) is 11.9. The summed E-state index contributed by atoms with van der Waals surface area (Å²) in [6.07, 6.45) is 5.36. The SMILES string of the molecule is N#CCCN(C(=O)C1C2CCCCC21)c1ccccc1. The zero-order valence-electron chi connectivity index (χ0n) is 11.7. The highest BCUT2D eigenvalue weighted by Gasteiger charge is 2.55. The second kappa shape index (κ2) is 5.66. The van der Waals surface area contributed by atoms with E-state index in [1.54, 1.807) is 0 Å². The molecule has 0 aromatic heterocycles. The predicted octanol–water partition coefficient (Wildman–Crippen LogP) is 3.37. The Labute approximate surface area is 120 Å². The maximum atomic E-state index is 12.8. The number of hydrogen-bond donors (Lipinski definition) is 0. The molecule has 3 heteroatoms. The van der Waals surface area contributed by atoms with E-state index in [4.69, 9.17) is 5.26 Å². The van der Waals surface area contributed by atoms with Crippen molar-refractivity contribution < 1.29 is 4.79 Å². The van der Waals surface area contributed by atoms with E-state index in [-0.39, 0.29) is 11.8 Å². The van der Waals surface area contributed by atoms with Gasteiger partial charge in [0.2, 0.25) is 5.91 Å². The predicted molar refractivity (Wildman–Crippen MR) is 78.0 cm³/mol. The molecule has 0 bridgehead atoms. The zero-order valence-corrected chi connectivity index (χ0v) is 11.7. The molecule has 1 aromatic carbocycles. The van der Waals surface area contributed by atoms with Crippen LogP contribution in [0.4, 0.5) is 5.69 Å². The minimum absolute atomic E-state index is 0.219. The number of nitriles is 1. The Morgan fingerprint density at radius 1 is 1.20 bits per heavy atom. The van der Waals surface area contributed by atoms with Gasteiger partial charge in [0.25, 0.3) is 0 Å². The first-order valence-electron chi connectivity index (χ1n) is 7.56. The van der Waals surface area contributed by atoms with Crippen LogP contribution >= 0.6 is 0 Å². The lowest BCUT2D eigenvalue weighted by atomic mass is 10.0. The van der Waals surface area contributed by atoms with Gasteiger partial charge in [-0.2, -0.15) is 5.26 Å². The Hall–Kier alpha value is -1.82. The van der Waals surface area contributed by atoms with Crippen LogP contribution in [-0.4, -0.2) is 12.5 Å². The normalized spacial score (nSPS) is 27.2. The van der Waals surface area contributed by atoms with Gasteiger partial charge in [0, 0.05) is 18.2 Å². The van der Waals surface area contributed by atoms with Crippen LogP contribution in [0.5, 0.6) is 0 Å². The fourth-order valence-corrected chi connectivity index (χ4v) is 3.67. The van der Waals surface area contributed by atoms with E-state index in [9.17, 15) is 4.79 Å². The van der Waals surface area contributed by atoms with Gasteiger partial charge in [-0.1, -0.05) is 31.0 Å². The van der Waals surface area contributed by atoms with Crippen molar-refractivity contribution in [1.29, 1.82) is 5.26 Å². The molecule has 2 saturated carbocycles. The average molecular weight is 268 g/mol. The van der Waals surface area contributed by atoms with Gasteiger partial charge in [-0.15, -0.1) is 0 Å². The third kappa shape index (κ3) is 2.43. The molecule has 1 amide bonds. The number of fused-ring (bicyclic) bond motifs is 1. The number of carbonyl (C=O) groups excluding carboxylic acids is 1. The highest BCUT2D eigenvalue weighted by atomic mass is 16.2. The summed E-state index contributed by atoms with van der Waals surface area (Å²) in [5.74, 6) is 1.69. The van der Waals surface area contributed by atoms with E-state index in [2.05, 4.69) is 6.07 Å². The summed E-state index contributed by atoms with van der Waals surface area (Å²) in [6.45, 7) is 0.509. The maximum Gasteiger partial charge on any atom is 0.230 e. The topological polar surface area (TPSA) is 44.1 Å². The average Bonchev–Trinajstić information content (AvgIpc) is 3.23. The molecule has 2 fully saturated rings. The summed E-state index contributed by atoms with van der Waals surface area (Å²) in [5, 5.41) is 8.82. The molecule has 2 aliphatic carbocycles. The number of benzene rings is 1. The number of rotatable bonds is 4. The molecule has 0 radical (unpaired) electrons. The summed E-state index contributed by atoms with van der Waals surface area (Å²) in [4.78, 5) is 14.6. The lowest BCUT2D eigenvalue weighted by Crippen LogP contribution is -2.33. The largest absolute Gasteiger partial charge is 0.311 e. The van der Waals surface area contributed by atoms with Crippen molar-refractivity contribution >= 4 is 11.6 Å². The molecule has 104 valence electrons. The third-order valence-corrected chi connectivity index (χ3v) is 4.72. The molecule has 0 heterocycles. The molecule has 1 aromatic rings. The van der Waals surface area contributed by atoms with Crippen LogP contribution in [0.1, 0.15) is 32.1 Å². The first kappa shape index (κ1) is 13.2. The highest BCUT2D eigenvalue weighted by molar-refractivity contribution is 5.97. The van der Waals surface area contributed by atoms with E-state index >= 15 is 0 Å². The highest BCUT2D eigenvalue weighted by Crippen LogP contribution is 2.56. The van der Waals surface area contributed by atoms with Crippen molar-refractivity contribution in [3.63, 3.8) is 0 Å². The van der Waals surface area contributed by atoms with Gasteiger partial charge in [0.1, 0.15) is 0 Å². The van der Waals surface area contributed by atoms with Gasteiger partial charge in [-0.05, 0) is 36.8 Å². The molecule has 3 nitrogen and oxygen atoms in total. The van der Waals surface area contributed by atoms with Crippen LogP contribution in [0.3, 0.4) is 0 Å². The van der Waals surface area contributed by atoms with Crippen LogP contribution in [-0.2, 0) is 4.79 Å². The van der Waals surface area contributed by atoms with Crippen LogP contribution in [0.25, 0.3) is 0 Å². The molecule has 2 aliphatic rings. The summed E-state index contributed by atoms with van der Waals surface area (Å²) >= 11 is 0. The Kier molecular flexibility index (Phi) is 3.73. The van der Waals surface area contributed by atoms with E-state index in [1.807, 2.05) is 35.2 Å². The minimum atomic E-state index is 0.219. The van der Waals surface area contributed by atoms with E-state index in [0.717, 1.165) is 5.69 Å². The summed E-state index contributed by atoms with van der Waals surface area (Å²) in [5.41, 5.74) is 0.927. The number of para-hydroxylation sites is 1. The van der Waals surface area contributed by atoms with E-state index in [0.29, 0.717) is 24.8 Å². The summed E-state index contributed by atoms with van der Waals surface area (Å²) in [7, 11) is 0. The molecule has 3 rings (SSSR count). The van der Waals surface area contributed by atoms with Crippen LogP contribution in [0, 0.1) is 29.1 Å². The third-order valence-electron chi connectivity index (χ3n) is 4.72. The molecule has 2 unspecified atom stereocenters. The van der Waals surface area contributed by atoms with Crippen LogP contribution in [0.15, 0.2) is 30.3 Å². The molecular formula is C17H20N2O. The molecule has 20 heavy (non-hydrogen) atoms. The molecular weight excluding hydrogens is 248 g/mol. The van der Waals surface area contributed by atoms with Crippen molar-refractivity contribution in [2.45, 2.75) is 32.1 Å². The Morgan fingerprint density at radius 2 is 1.85 bits per heavy atom. The van der Waals surface area contributed by atoms with Gasteiger partial charge in [0.05, 0.1) is 12.5 Å². The van der Waals surface area contributed by atoms with Gasteiger partial charge in [-0.3, -0.25) is 4.79 Å². The monoisotopic (exact) mass is 268 g/mol. The van der Waals surface area contributed by atoms with Gasteiger partial charge >= 0.3 is 0 Å². The quantitative estimate of drug-likeness (QED) is 0.840. The first-order valence-corrected chi connectivity index (χ1v) is 7.56. The Bertz CT molecular complexity index is 508. The molecule has 0 N–H and O–H groups in total. The molecule has 2 atom stereocenters. The summed E-state index contributed by atoms with van der Waals surface area (Å²) < 4.78 is 0. The second-order valence-corrected chi connectivity index (χ2v) is 5.87. The number of nitrogens with zero attached hydrogens (tertiary/aromatic N) is 2. The van der Waals surface area contributed by atoms with E-state index < -0.39 is 0 Å². The Balaban J connectivity index is 1.76. The van der Waals surface area contributed by atoms with Gasteiger partial charge in [0.15, 0.2) is 0 Å².